The topological polar surface area (TPSA) is 84.9 Å². The number of methoxy groups -OCH3 is 1. The molecule has 0 aromatic heterocycles. The Hall–Kier alpha value is -2.58. The molecule has 0 saturated carbocycles. The SMILES string of the molecule is CC[C@@H](Oc1ccc(OC)cc1)C(=O)Nc1ccc(S(=O)(=O)N2CCCCC2)cc1. The third-order valence-corrected chi connectivity index (χ3v) is 6.99. The second-order valence-electron chi connectivity index (χ2n) is 7.17. The summed E-state index contributed by atoms with van der Waals surface area (Å²) in [6.07, 6.45) is 2.66. The van der Waals surface area contributed by atoms with Crippen LogP contribution in [0.2, 0.25) is 0 Å². The van der Waals surface area contributed by atoms with Gasteiger partial charge in [0.2, 0.25) is 10.0 Å². The standard InChI is InChI=1S/C22H28N2O5S/c1-3-21(29-19-11-9-18(28-2)10-12-19)22(25)23-17-7-13-20(14-8-17)30(26,27)24-15-5-4-6-16-24/h7-14,21H,3-6,15-16H2,1-2H3,(H,23,25)/t21-/m1/s1. The van der Waals surface area contributed by atoms with Gasteiger partial charge in [0, 0.05) is 18.8 Å². The highest BCUT2D eigenvalue weighted by molar-refractivity contribution is 7.89. The van der Waals surface area contributed by atoms with Crippen molar-refractivity contribution in [3.05, 3.63) is 48.5 Å². The number of hydrogen-bond donors (Lipinski definition) is 1. The van der Waals surface area contributed by atoms with Gasteiger partial charge in [0.05, 0.1) is 12.0 Å². The molecule has 0 aliphatic carbocycles. The van der Waals surface area contributed by atoms with E-state index in [-0.39, 0.29) is 10.8 Å². The van der Waals surface area contributed by atoms with Crippen LogP contribution in [0.1, 0.15) is 32.6 Å². The molecule has 0 radical (unpaired) electrons. The Bertz CT molecular complexity index is 936. The molecule has 3 rings (SSSR count). The van der Waals surface area contributed by atoms with E-state index in [4.69, 9.17) is 9.47 Å². The molecule has 1 fully saturated rings. The molecule has 162 valence electrons. The summed E-state index contributed by atoms with van der Waals surface area (Å²) in [6, 6.07) is 13.3. The second kappa shape index (κ2) is 9.95. The summed E-state index contributed by atoms with van der Waals surface area (Å²) in [5, 5.41) is 2.80. The lowest BCUT2D eigenvalue weighted by atomic mass is 10.2. The molecule has 2 aromatic rings. The predicted molar refractivity (Wildman–Crippen MR) is 115 cm³/mol. The molecule has 1 heterocycles. The molecule has 0 bridgehead atoms. The van der Waals surface area contributed by atoms with Crippen LogP contribution in [0.25, 0.3) is 0 Å². The van der Waals surface area contributed by atoms with Gasteiger partial charge in [0.15, 0.2) is 6.10 Å². The number of sulfonamides is 1. The number of benzene rings is 2. The van der Waals surface area contributed by atoms with Crippen molar-refractivity contribution in [2.24, 2.45) is 0 Å². The quantitative estimate of drug-likeness (QED) is 0.688. The normalized spacial score (nSPS) is 15.9. The van der Waals surface area contributed by atoms with Crippen LogP contribution in [-0.4, -0.2) is 44.9 Å². The van der Waals surface area contributed by atoms with Crippen molar-refractivity contribution in [1.82, 2.24) is 4.31 Å². The fourth-order valence-electron chi connectivity index (χ4n) is 3.33. The molecular formula is C22H28N2O5S. The van der Waals surface area contributed by atoms with E-state index >= 15 is 0 Å². The first kappa shape index (κ1) is 22.1. The van der Waals surface area contributed by atoms with E-state index in [0.717, 1.165) is 19.3 Å². The molecule has 8 heteroatoms. The van der Waals surface area contributed by atoms with E-state index in [1.807, 2.05) is 6.92 Å². The summed E-state index contributed by atoms with van der Waals surface area (Å²) >= 11 is 0. The van der Waals surface area contributed by atoms with E-state index < -0.39 is 16.1 Å². The fourth-order valence-corrected chi connectivity index (χ4v) is 4.85. The highest BCUT2D eigenvalue weighted by Gasteiger charge is 2.26. The Morgan fingerprint density at radius 1 is 1.00 bits per heavy atom. The lowest BCUT2D eigenvalue weighted by Crippen LogP contribution is -2.35. The number of carbonyl (C=O) groups excluding carboxylic acids is 1. The molecule has 1 atom stereocenters. The van der Waals surface area contributed by atoms with Crippen LogP contribution in [0.5, 0.6) is 11.5 Å². The monoisotopic (exact) mass is 432 g/mol. The van der Waals surface area contributed by atoms with Crippen LogP contribution in [-0.2, 0) is 14.8 Å². The molecular weight excluding hydrogens is 404 g/mol. The van der Waals surface area contributed by atoms with Crippen LogP contribution in [0, 0.1) is 0 Å². The minimum absolute atomic E-state index is 0.240. The maximum atomic E-state index is 12.7. The zero-order valence-electron chi connectivity index (χ0n) is 17.3. The van der Waals surface area contributed by atoms with Gasteiger partial charge in [-0.15, -0.1) is 0 Å². The maximum Gasteiger partial charge on any atom is 0.265 e. The minimum Gasteiger partial charge on any atom is -0.497 e. The molecule has 2 aromatic carbocycles. The third kappa shape index (κ3) is 5.31. The van der Waals surface area contributed by atoms with E-state index in [0.29, 0.717) is 36.7 Å². The lowest BCUT2D eigenvalue weighted by Gasteiger charge is -2.26. The average molecular weight is 433 g/mol. The van der Waals surface area contributed by atoms with Gasteiger partial charge >= 0.3 is 0 Å². The fraction of sp³-hybridized carbons (Fsp3) is 0.409. The van der Waals surface area contributed by atoms with Crippen molar-refractivity contribution in [2.45, 2.75) is 43.6 Å². The molecule has 30 heavy (non-hydrogen) atoms. The van der Waals surface area contributed by atoms with Gasteiger partial charge in [0.1, 0.15) is 11.5 Å². The largest absolute Gasteiger partial charge is 0.497 e. The molecule has 0 unspecified atom stereocenters. The maximum absolute atomic E-state index is 12.7. The van der Waals surface area contributed by atoms with Gasteiger partial charge in [-0.2, -0.15) is 4.31 Å². The Kier molecular flexibility index (Phi) is 7.33. The van der Waals surface area contributed by atoms with Gasteiger partial charge in [-0.25, -0.2) is 8.42 Å². The number of nitrogens with zero attached hydrogens (tertiary/aromatic N) is 1. The summed E-state index contributed by atoms with van der Waals surface area (Å²) in [6.45, 7) is 2.98. The average Bonchev–Trinajstić information content (AvgIpc) is 2.78. The zero-order valence-corrected chi connectivity index (χ0v) is 18.2. The molecule has 1 amide bonds. The highest BCUT2D eigenvalue weighted by Crippen LogP contribution is 2.23. The van der Waals surface area contributed by atoms with Gasteiger partial charge in [-0.3, -0.25) is 4.79 Å². The van der Waals surface area contributed by atoms with Gasteiger partial charge in [-0.05, 0) is 67.8 Å². The number of anilines is 1. The number of piperidine rings is 1. The van der Waals surface area contributed by atoms with Crippen molar-refractivity contribution < 1.29 is 22.7 Å². The van der Waals surface area contributed by atoms with E-state index in [9.17, 15) is 13.2 Å². The molecule has 1 aliphatic rings. The van der Waals surface area contributed by atoms with E-state index in [1.54, 1.807) is 43.5 Å². The highest BCUT2D eigenvalue weighted by atomic mass is 32.2. The van der Waals surface area contributed by atoms with Crippen LogP contribution in [0.3, 0.4) is 0 Å². The van der Waals surface area contributed by atoms with Crippen molar-refractivity contribution in [3.63, 3.8) is 0 Å². The van der Waals surface area contributed by atoms with Crippen LogP contribution >= 0.6 is 0 Å². The third-order valence-electron chi connectivity index (χ3n) is 5.08. The van der Waals surface area contributed by atoms with Gasteiger partial charge in [0.25, 0.3) is 5.91 Å². The van der Waals surface area contributed by atoms with Crippen molar-refractivity contribution >= 4 is 21.6 Å². The van der Waals surface area contributed by atoms with Gasteiger partial charge < -0.3 is 14.8 Å². The minimum atomic E-state index is -3.49. The zero-order chi connectivity index (χ0) is 21.6. The smallest absolute Gasteiger partial charge is 0.265 e. The first-order valence-electron chi connectivity index (χ1n) is 10.2. The Balaban J connectivity index is 1.63. The van der Waals surface area contributed by atoms with E-state index in [1.165, 1.54) is 16.4 Å². The molecule has 1 N–H and O–H groups in total. The summed E-state index contributed by atoms with van der Waals surface area (Å²) in [5.74, 6) is 0.986. The lowest BCUT2D eigenvalue weighted by molar-refractivity contribution is -0.122. The Morgan fingerprint density at radius 3 is 2.17 bits per heavy atom. The number of amides is 1. The summed E-state index contributed by atoms with van der Waals surface area (Å²) in [7, 11) is -1.90. The summed E-state index contributed by atoms with van der Waals surface area (Å²) in [4.78, 5) is 12.9. The number of rotatable bonds is 8. The number of nitrogens with one attached hydrogen (secondary N) is 1. The van der Waals surface area contributed by atoms with E-state index in [2.05, 4.69) is 5.32 Å². The molecule has 0 spiro atoms. The van der Waals surface area contributed by atoms with Crippen LogP contribution in [0.15, 0.2) is 53.4 Å². The first-order valence-corrected chi connectivity index (χ1v) is 11.6. The Labute approximate surface area is 178 Å². The van der Waals surface area contributed by atoms with Crippen LogP contribution < -0.4 is 14.8 Å². The Morgan fingerprint density at radius 2 is 1.60 bits per heavy atom. The van der Waals surface area contributed by atoms with Crippen LogP contribution in [0.4, 0.5) is 5.69 Å². The first-order chi connectivity index (χ1) is 14.4. The van der Waals surface area contributed by atoms with Crippen molar-refractivity contribution in [3.8, 4) is 11.5 Å². The van der Waals surface area contributed by atoms with Crippen molar-refractivity contribution in [1.29, 1.82) is 0 Å². The van der Waals surface area contributed by atoms with Crippen molar-refractivity contribution in [2.75, 3.05) is 25.5 Å². The number of carbonyl (C=O) groups is 1. The summed E-state index contributed by atoms with van der Waals surface area (Å²) in [5.41, 5.74) is 0.523. The second-order valence-corrected chi connectivity index (χ2v) is 9.11. The molecule has 7 nitrogen and oxygen atoms in total. The molecule has 1 saturated heterocycles. The molecule has 1 aliphatic heterocycles. The number of hydrogen-bond acceptors (Lipinski definition) is 5. The van der Waals surface area contributed by atoms with Gasteiger partial charge in [-0.1, -0.05) is 13.3 Å². The number of ether oxygens (including phenoxy) is 2. The predicted octanol–water partition coefficient (Wildman–Crippen LogP) is 3.67. The summed E-state index contributed by atoms with van der Waals surface area (Å²) < 4.78 is 37.9.